The highest BCUT2D eigenvalue weighted by atomic mass is 16.2. The van der Waals surface area contributed by atoms with Gasteiger partial charge in [-0.1, -0.05) is 0 Å². The summed E-state index contributed by atoms with van der Waals surface area (Å²) in [7, 11) is 0. The summed E-state index contributed by atoms with van der Waals surface area (Å²) >= 11 is 0. The number of carbonyl (C=O) groups is 3. The molecule has 2 heterocycles. The van der Waals surface area contributed by atoms with Crippen molar-refractivity contribution >= 4 is 17.7 Å². The zero-order chi connectivity index (χ0) is 10.8. The SMILES string of the molecule is O=C1CN(C(=O)C2CCNC2)CC(=O)N1. The Labute approximate surface area is 87.0 Å². The molecule has 3 amide bonds. The second kappa shape index (κ2) is 3.98. The molecule has 0 saturated carbocycles. The zero-order valence-corrected chi connectivity index (χ0v) is 8.28. The molecule has 0 spiro atoms. The van der Waals surface area contributed by atoms with Crippen molar-refractivity contribution in [1.82, 2.24) is 15.5 Å². The Hall–Kier alpha value is -1.43. The maximum Gasteiger partial charge on any atom is 0.246 e. The number of rotatable bonds is 1. The van der Waals surface area contributed by atoms with Crippen LogP contribution in [-0.4, -0.2) is 48.8 Å². The summed E-state index contributed by atoms with van der Waals surface area (Å²) in [6.07, 6.45) is 0.783. The van der Waals surface area contributed by atoms with Crippen molar-refractivity contribution in [3.63, 3.8) is 0 Å². The van der Waals surface area contributed by atoms with Crippen molar-refractivity contribution in [3.05, 3.63) is 0 Å². The van der Waals surface area contributed by atoms with Crippen LogP contribution in [0.15, 0.2) is 0 Å². The molecule has 2 aliphatic heterocycles. The van der Waals surface area contributed by atoms with Gasteiger partial charge in [0.2, 0.25) is 17.7 Å². The summed E-state index contributed by atoms with van der Waals surface area (Å²) in [4.78, 5) is 35.3. The molecular weight excluding hydrogens is 198 g/mol. The van der Waals surface area contributed by atoms with Gasteiger partial charge in [0, 0.05) is 6.54 Å². The van der Waals surface area contributed by atoms with Gasteiger partial charge in [0.1, 0.15) is 13.1 Å². The fraction of sp³-hybridized carbons (Fsp3) is 0.667. The largest absolute Gasteiger partial charge is 0.324 e. The van der Waals surface area contributed by atoms with E-state index in [1.54, 1.807) is 0 Å². The van der Waals surface area contributed by atoms with Crippen LogP contribution >= 0.6 is 0 Å². The Morgan fingerprint density at radius 2 is 1.93 bits per heavy atom. The number of nitrogens with zero attached hydrogens (tertiary/aromatic N) is 1. The first-order chi connectivity index (χ1) is 7.16. The minimum Gasteiger partial charge on any atom is -0.324 e. The Balaban J connectivity index is 1.99. The first-order valence-electron chi connectivity index (χ1n) is 4.99. The fourth-order valence-electron chi connectivity index (χ4n) is 1.92. The molecule has 1 atom stereocenters. The van der Waals surface area contributed by atoms with Gasteiger partial charge in [0.15, 0.2) is 0 Å². The van der Waals surface area contributed by atoms with Gasteiger partial charge in [-0.05, 0) is 13.0 Å². The fourth-order valence-corrected chi connectivity index (χ4v) is 1.92. The molecule has 6 heteroatoms. The van der Waals surface area contributed by atoms with E-state index in [0.717, 1.165) is 13.0 Å². The van der Waals surface area contributed by atoms with E-state index >= 15 is 0 Å². The molecule has 0 aromatic rings. The molecule has 6 nitrogen and oxygen atoms in total. The molecule has 2 fully saturated rings. The third-order valence-corrected chi connectivity index (χ3v) is 2.67. The van der Waals surface area contributed by atoms with Crippen LogP contribution in [-0.2, 0) is 14.4 Å². The average molecular weight is 211 g/mol. The van der Waals surface area contributed by atoms with E-state index in [1.807, 2.05) is 0 Å². The summed E-state index contributed by atoms with van der Waals surface area (Å²) in [5, 5.41) is 5.25. The monoisotopic (exact) mass is 211 g/mol. The maximum atomic E-state index is 11.8. The molecule has 0 aromatic carbocycles. The zero-order valence-electron chi connectivity index (χ0n) is 8.28. The van der Waals surface area contributed by atoms with Crippen molar-refractivity contribution < 1.29 is 14.4 Å². The van der Waals surface area contributed by atoms with Gasteiger partial charge in [-0.3, -0.25) is 19.7 Å². The van der Waals surface area contributed by atoms with Crippen LogP contribution in [0.1, 0.15) is 6.42 Å². The minimum absolute atomic E-state index is 0.00106. The van der Waals surface area contributed by atoms with E-state index < -0.39 is 11.8 Å². The van der Waals surface area contributed by atoms with Gasteiger partial charge in [-0.25, -0.2) is 0 Å². The maximum absolute atomic E-state index is 11.8. The average Bonchev–Trinajstić information content (AvgIpc) is 2.67. The van der Waals surface area contributed by atoms with Crippen LogP contribution in [0.3, 0.4) is 0 Å². The van der Waals surface area contributed by atoms with E-state index in [0.29, 0.717) is 6.54 Å². The first kappa shape index (κ1) is 10.1. The number of nitrogens with one attached hydrogen (secondary N) is 2. The van der Waals surface area contributed by atoms with E-state index in [9.17, 15) is 14.4 Å². The standard InChI is InChI=1S/C9H13N3O3/c13-7-4-12(5-8(14)11-7)9(15)6-1-2-10-3-6/h6,10H,1-5H2,(H,11,13,14). The Morgan fingerprint density at radius 1 is 1.27 bits per heavy atom. The summed E-state index contributed by atoms with van der Waals surface area (Å²) < 4.78 is 0. The van der Waals surface area contributed by atoms with E-state index in [-0.39, 0.29) is 24.9 Å². The molecule has 2 aliphatic rings. The number of imide groups is 1. The number of carbonyl (C=O) groups excluding carboxylic acids is 3. The van der Waals surface area contributed by atoms with Crippen molar-refractivity contribution in [3.8, 4) is 0 Å². The van der Waals surface area contributed by atoms with Crippen molar-refractivity contribution in [1.29, 1.82) is 0 Å². The lowest BCUT2D eigenvalue weighted by Gasteiger charge is -2.27. The molecule has 15 heavy (non-hydrogen) atoms. The lowest BCUT2D eigenvalue weighted by atomic mass is 10.1. The van der Waals surface area contributed by atoms with E-state index in [1.165, 1.54) is 4.90 Å². The molecule has 2 rings (SSSR count). The van der Waals surface area contributed by atoms with Crippen LogP contribution < -0.4 is 10.6 Å². The lowest BCUT2D eigenvalue weighted by molar-refractivity contribution is -0.147. The molecule has 0 bridgehead atoms. The van der Waals surface area contributed by atoms with Crippen molar-refractivity contribution in [2.75, 3.05) is 26.2 Å². The number of piperazine rings is 1. The highest BCUT2D eigenvalue weighted by molar-refractivity contribution is 6.02. The molecule has 0 aliphatic carbocycles. The molecule has 0 aromatic heterocycles. The summed E-state index contributed by atoms with van der Waals surface area (Å²) in [6.45, 7) is 1.47. The van der Waals surface area contributed by atoms with E-state index in [2.05, 4.69) is 10.6 Å². The first-order valence-corrected chi connectivity index (χ1v) is 4.99. The summed E-state index contributed by atoms with van der Waals surface area (Å²) in [6, 6.07) is 0. The Kier molecular flexibility index (Phi) is 2.68. The second-order valence-corrected chi connectivity index (χ2v) is 3.86. The van der Waals surface area contributed by atoms with Crippen LogP contribution in [0.5, 0.6) is 0 Å². The van der Waals surface area contributed by atoms with Gasteiger partial charge in [0.05, 0.1) is 5.92 Å². The predicted octanol–water partition coefficient (Wildman–Crippen LogP) is -1.92. The predicted molar refractivity (Wildman–Crippen MR) is 50.7 cm³/mol. The topological polar surface area (TPSA) is 78.5 Å². The van der Waals surface area contributed by atoms with Gasteiger partial charge >= 0.3 is 0 Å². The summed E-state index contributed by atoms with van der Waals surface area (Å²) in [5.74, 6) is -0.969. The molecule has 0 radical (unpaired) electrons. The highest BCUT2D eigenvalue weighted by Crippen LogP contribution is 2.12. The molecule has 82 valence electrons. The minimum atomic E-state index is -0.398. The Morgan fingerprint density at radius 3 is 2.47 bits per heavy atom. The normalized spacial score (nSPS) is 26.7. The van der Waals surface area contributed by atoms with Crippen molar-refractivity contribution in [2.24, 2.45) is 5.92 Å². The van der Waals surface area contributed by atoms with Gasteiger partial charge in [-0.15, -0.1) is 0 Å². The van der Waals surface area contributed by atoms with Crippen LogP contribution in [0, 0.1) is 5.92 Å². The number of hydrogen-bond donors (Lipinski definition) is 2. The lowest BCUT2D eigenvalue weighted by Crippen LogP contribution is -2.54. The second-order valence-electron chi connectivity index (χ2n) is 3.86. The quantitative estimate of drug-likeness (QED) is 0.496. The highest BCUT2D eigenvalue weighted by Gasteiger charge is 2.32. The Bertz CT molecular complexity index is 294. The van der Waals surface area contributed by atoms with Gasteiger partial charge in [0.25, 0.3) is 0 Å². The molecular formula is C9H13N3O3. The van der Waals surface area contributed by atoms with Crippen LogP contribution in [0.25, 0.3) is 0 Å². The van der Waals surface area contributed by atoms with Gasteiger partial charge < -0.3 is 10.2 Å². The van der Waals surface area contributed by atoms with E-state index in [4.69, 9.17) is 0 Å². The van der Waals surface area contributed by atoms with Crippen LogP contribution in [0.2, 0.25) is 0 Å². The number of amides is 3. The van der Waals surface area contributed by atoms with Gasteiger partial charge in [-0.2, -0.15) is 0 Å². The third kappa shape index (κ3) is 2.15. The smallest absolute Gasteiger partial charge is 0.246 e. The molecule has 1 unspecified atom stereocenters. The number of hydrogen-bond acceptors (Lipinski definition) is 4. The van der Waals surface area contributed by atoms with Crippen molar-refractivity contribution in [2.45, 2.75) is 6.42 Å². The summed E-state index contributed by atoms with van der Waals surface area (Å²) in [5.41, 5.74) is 0. The molecule has 2 N–H and O–H groups in total. The third-order valence-electron chi connectivity index (χ3n) is 2.67. The molecule has 2 saturated heterocycles. The van der Waals surface area contributed by atoms with Crippen LogP contribution in [0.4, 0.5) is 0 Å².